The smallest absolute Gasteiger partial charge is 0.419 e. The van der Waals surface area contributed by atoms with Gasteiger partial charge in [-0.2, -0.15) is 0 Å². The molecular weight excluding hydrogens is 326 g/mol. The van der Waals surface area contributed by atoms with E-state index >= 15 is 0 Å². The Labute approximate surface area is 155 Å². The maximum atomic E-state index is 12.9. The van der Waals surface area contributed by atoms with Crippen LogP contribution in [-0.4, -0.2) is 22.4 Å². The highest BCUT2D eigenvalue weighted by Gasteiger charge is 2.35. The van der Waals surface area contributed by atoms with E-state index in [0.717, 1.165) is 42.3 Å². The minimum Gasteiger partial charge on any atom is -0.443 e. The molecular formula is C22H29NO3. The Morgan fingerprint density at radius 1 is 1.08 bits per heavy atom. The monoisotopic (exact) mass is 355 g/mol. The van der Waals surface area contributed by atoms with Crippen LogP contribution in [0.4, 0.5) is 4.79 Å². The summed E-state index contributed by atoms with van der Waals surface area (Å²) < 4.78 is 14.0. The Kier molecular flexibility index (Phi) is 4.55. The van der Waals surface area contributed by atoms with Crippen molar-refractivity contribution in [2.75, 3.05) is 0 Å². The van der Waals surface area contributed by atoms with Gasteiger partial charge in [-0.25, -0.2) is 9.36 Å². The molecule has 0 aliphatic heterocycles. The van der Waals surface area contributed by atoms with Crippen molar-refractivity contribution in [3.8, 4) is 0 Å². The van der Waals surface area contributed by atoms with Crippen LogP contribution in [0.15, 0.2) is 24.3 Å². The van der Waals surface area contributed by atoms with E-state index in [9.17, 15) is 4.79 Å². The van der Waals surface area contributed by atoms with Crippen LogP contribution in [0.1, 0.15) is 76.7 Å². The molecule has 1 saturated carbocycles. The quantitative estimate of drug-likeness (QED) is 0.687. The lowest BCUT2D eigenvalue weighted by atomic mass is 9.97. The summed E-state index contributed by atoms with van der Waals surface area (Å²) in [7, 11) is 0. The molecule has 0 bridgehead atoms. The molecule has 140 valence electrons. The standard InChI is InChI=1S/C22H29NO3/c1-22(2,3)26-21(24)23-17-12-8-7-11-16(17)20-18(23)13-14-19(20)25-15-9-5-4-6-10-15/h7-8,11-12,15,19H,4-6,9-10,13-14H2,1-3H3. The average Bonchev–Trinajstić information content (AvgIpc) is 3.12. The molecule has 4 nitrogen and oxygen atoms in total. The highest BCUT2D eigenvalue weighted by molar-refractivity contribution is 5.94. The number of nitrogens with zero attached hydrogens (tertiary/aromatic N) is 1. The Morgan fingerprint density at radius 3 is 2.54 bits per heavy atom. The third-order valence-corrected chi connectivity index (χ3v) is 5.47. The average molecular weight is 355 g/mol. The van der Waals surface area contributed by atoms with Gasteiger partial charge in [0.25, 0.3) is 0 Å². The van der Waals surface area contributed by atoms with Gasteiger partial charge in [-0.15, -0.1) is 0 Å². The third kappa shape index (κ3) is 3.27. The van der Waals surface area contributed by atoms with Crippen molar-refractivity contribution in [1.82, 2.24) is 4.57 Å². The zero-order chi connectivity index (χ0) is 18.3. The minimum atomic E-state index is -0.508. The van der Waals surface area contributed by atoms with E-state index in [4.69, 9.17) is 9.47 Å². The van der Waals surface area contributed by atoms with Crippen LogP contribution in [0.5, 0.6) is 0 Å². The zero-order valence-corrected chi connectivity index (χ0v) is 16.1. The molecule has 2 aliphatic rings. The normalized spacial score (nSPS) is 21.1. The summed E-state index contributed by atoms with van der Waals surface area (Å²) in [5.41, 5.74) is 2.70. The number of carbonyl (C=O) groups is 1. The van der Waals surface area contributed by atoms with Crippen molar-refractivity contribution in [1.29, 1.82) is 0 Å². The van der Waals surface area contributed by atoms with Crippen molar-refractivity contribution in [2.45, 2.75) is 83.5 Å². The van der Waals surface area contributed by atoms with Crippen molar-refractivity contribution in [3.05, 3.63) is 35.5 Å². The van der Waals surface area contributed by atoms with Gasteiger partial charge in [0.1, 0.15) is 5.60 Å². The minimum absolute atomic E-state index is 0.0988. The number of benzene rings is 1. The lowest BCUT2D eigenvalue weighted by molar-refractivity contribution is -0.0296. The highest BCUT2D eigenvalue weighted by Crippen LogP contribution is 2.43. The molecule has 1 fully saturated rings. The SMILES string of the molecule is CC(C)(C)OC(=O)n1c2c(c3ccccc31)C(OC1CCCCC1)CC2. The van der Waals surface area contributed by atoms with Gasteiger partial charge in [0, 0.05) is 16.6 Å². The summed E-state index contributed by atoms with van der Waals surface area (Å²) in [4.78, 5) is 12.9. The number of aromatic nitrogens is 1. The number of fused-ring (bicyclic) bond motifs is 3. The predicted octanol–water partition coefficient (Wildman–Crippen LogP) is 5.76. The van der Waals surface area contributed by atoms with Crippen molar-refractivity contribution < 1.29 is 14.3 Å². The number of rotatable bonds is 2. The topological polar surface area (TPSA) is 40.5 Å². The summed E-state index contributed by atoms with van der Waals surface area (Å²) in [6.07, 6.45) is 8.18. The first-order chi connectivity index (χ1) is 12.4. The molecule has 0 spiro atoms. The molecule has 1 atom stereocenters. The van der Waals surface area contributed by atoms with Gasteiger partial charge < -0.3 is 9.47 Å². The van der Waals surface area contributed by atoms with Crippen molar-refractivity contribution >= 4 is 17.0 Å². The van der Waals surface area contributed by atoms with Gasteiger partial charge >= 0.3 is 6.09 Å². The highest BCUT2D eigenvalue weighted by atomic mass is 16.6. The molecule has 0 N–H and O–H groups in total. The van der Waals surface area contributed by atoms with Gasteiger partial charge in [-0.05, 0) is 52.5 Å². The third-order valence-electron chi connectivity index (χ3n) is 5.47. The second-order valence-corrected chi connectivity index (χ2v) is 8.62. The van der Waals surface area contributed by atoms with Gasteiger partial charge in [0.15, 0.2) is 0 Å². The van der Waals surface area contributed by atoms with Gasteiger partial charge in [-0.3, -0.25) is 0 Å². The maximum absolute atomic E-state index is 12.9. The van der Waals surface area contributed by atoms with Gasteiger partial charge in [-0.1, -0.05) is 37.5 Å². The summed E-state index contributed by atoms with van der Waals surface area (Å²) >= 11 is 0. The molecule has 0 radical (unpaired) electrons. The first kappa shape index (κ1) is 17.6. The van der Waals surface area contributed by atoms with Crippen LogP contribution in [-0.2, 0) is 15.9 Å². The molecule has 0 amide bonds. The first-order valence-corrected chi connectivity index (χ1v) is 9.95. The van der Waals surface area contributed by atoms with Crippen LogP contribution in [0.25, 0.3) is 10.9 Å². The van der Waals surface area contributed by atoms with Crippen molar-refractivity contribution in [3.63, 3.8) is 0 Å². The molecule has 1 aromatic heterocycles. The van der Waals surface area contributed by atoms with Crippen LogP contribution in [0.2, 0.25) is 0 Å². The van der Waals surface area contributed by atoms with E-state index in [0.29, 0.717) is 6.10 Å². The van der Waals surface area contributed by atoms with E-state index in [-0.39, 0.29) is 12.2 Å². The van der Waals surface area contributed by atoms with E-state index in [1.165, 1.54) is 24.8 Å². The Morgan fingerprint density at radius 2 is 1.81 bits per heavy atom. The van der Waals surface area contributed by atoms with Gasteiger partial charge in [0.2, 0.25) is 0 Å². The number of hydrogen-bond acceptors (Lipinski definition) is 3. The molecule has 1 aromatic carbocycles. The van der Waals surface area contributed by atoms with Crippen molar-refractivity contribution in [2.24, 2.45) is 0 Å². The van der Waals surface area contributed by atoms with E-state index in [2.05, 4.69) is 6.07 Å². The number of ether oxygens (including phenoxy) is 2. The molecule has 0 saturated heterocycles. The fourth-order valence-corrected chi connectivity index (χ4v) is 4.42. The van der Waals surface area contributed by atoms with Crippen LogP contribution < -0.4 is 0 Å². The van der Waals surface area contributed by atoms with E-state index in [1.807, 2.05) is 39.0 Å². The fraction of sp³-hybridized carbons (Fsp3) is 0.591. The summed E-state index contributed by atoms with van der Waals surface area (Å²) in [5, 5.41) is 1.13. The largest absolute Gasteiger partial charge is 0.443 e. The summed E-state index contributed by atoms with van der Waals surface area (Å²) in [6, 6.07) is 8.14. The molecule has 4 heteroatoms. The lowest BCUT2D eigenvalue weighted by Crippen LogP contribution is -2.27. The summed E-state index contributed by atoms with van der Waals surface area (Å²) in [5.74, 6) is 0. The lowest BCUT2D eigenvalue weighted by Gasteiger charge is -2.25. The number of carbonyl (C=O) groups excluding carboxylic acids is 1. The van der Waals surface area contributed by atoms with E-state index < -0.39 is 5.60 Å². The Hall–Kier alpha value is -1.81. The second-order valence-electron chi connectivity index (χ2n) is 8.62. The van der Waals surface area contributed by atoms with Gasteiger partial charge in [0.05, 0.1) is 17.7 Å². The zero-order valence-electron chi connectivity index (χ0n) is 16.1. The molecule has 26 heavy (non-hydrogen) atoms. The van der Waals surface area contributed by atoms with E-state index in [1.54, 1.807) is 4.57 Å². The molecule has 1 heterocycles. The summed E-state index contributed by atoms with van der Waals surface area (Å²) in [6.45, 7) is 5.73. The predicted molar refractivity (Wildman–Crippen MR) is 103 cm³/mol. The fourth-order valence-electron chi connectivity index (χ4n) is 4.42. The van der Waals surface area contributed by atoms with Crippen LogP contribution in [0, 0.1) is 0 Å². The van der Waals surface area contributed by atoms with Crippen LogP contribution >= 0.6 is 0 Å². The second kappa shape index (κ2) is 6.73. The molecule has 4 rings (SSSR count). The number of hydrogen-bond donors (Lipinski definition) is 0. The maximum Gasteiger partial charge on any atom is 0.419 e. The molecule has 2 aliphatic carbocycles. The molecule has 1 unspecified atom stereocenters. The Bertz CT molecular complexity index is 809. The number of para-hydroxylation sites is 1. The molecule has 2 aromatic rings. The first-order valence-electron chi connectivity index (χ1n) is 9.95. The van der Waals surface area contributed by atoms with Crippen LogP contribution in [0.3, 0.4) is 0 Å². The Balaban J connectivity index is 1.71.